The van der Waals surface area contributed by atoms with E-state index in [0.29, 0.717) is 16.6 Å². The predicted octanol–water partition coefficient (Wildman–Crippen LogP) is 6.80. The Morgan fingerprint density at radius 3 is 2.40 bits per heavy atom. The van der Waals surface area contributed by atoms with Gasteiger partial charge in [-0.3, -0.25) is 0 Å². The zero-order valence-electron chi connectivity index (χ0n) is 20.3. The molecule has 1 saturated heterocycles. The number of hydrogen-bond donors (Lipinski definition) is 2. The Morgan fingerprint density at radius 1 is 1.06 bits per heavy atom. The van der Waals surface area contributed by atoms with Gasteiger partial charge >= 0.3 is 0 Å². The average molecular weight is 502 g/mol. The predicted molar refractivity (Wildman–Crippen MR) is 136 cm³/mol. The van der Waals surface area contributed by atoms with Crippen molar-refractivity contribution in [3.05, 3.63) is 64.3 Å². The number of likely N-dealkylation sites (tertiary alicyclic amines) is 1. The number of aryl methyl sites for hydroxylation is 1. The molecule has 0 bridgehead atoms. The number of anilines is 4. The third kappa shape index (κ3) is 6.18. The summed E-state index contributed by atoms with van der Waals surface area (Å²) < 4.78 is 35.6. The molecule has 0 unspecified atom stereocenters. The number of piperidine rings is 1. The average Bonchev–Trinajstić information content (AvgIpc) is 2.79. The van der Waals surface area contributed by atoms with Gasteiger partial charge in [0.1, 0.15) is 23.2 Å². The van der Waals surface area contributed by atoms with E-state index < -0.39 is 11.6 Å². The first-order chi connectivity index (χ1) is 16.7. The van der Waals surface area contributed by atoms with Gasteiger partial charge in [0.2, 0.25) is 5.95 Å². The van der Waals surface area contributed by atoms with Gasteiger partial charge in [0.15, 0.2) is 0 Å². The van der Waals surface area contributed by atoms with Gasteiger partial charge in [-0.2, -0.15) is 4.98 Å². The van der Waals surface area contributed by atoms with Gasteiger partial charge < -0.3 is 20.3 Å². The molecule has 3 aromatic rings. The number of ether oxygens (including phenoxy) is 1. The molecule has 0 saturated carbocycles. The maximum Gasteiger partial charge on any atom is 0.229 e. The minimum Gasteiger partial charge on any atom is -0.489 e. The molecule has 1 aliphatic rings. The number of halogens is 3. The molecule has 1 aliphatic heterocycles. The second kappa shape index (κ2) is 10.7. The maximum atomic E-state index is 14.9. The number of nitrogens with one attached hydrogen (secondary N) is 2. The van der Waals surface area contributed by atoms with Gasteiger partial charge in [-0.15, -0.1) is 0 Å². The summed E-state index contributed by atoms with van der Waals surface area (Å²) in [5, 5.41) is 6.68. The van der Waals surface area contributed by atoms with Crippen molar-refractivity contribution in [1.29, 1.82) is 0 Å². The fourth-order valence-corrected chi connectivity index (χ4v) is 4.33. The van der Waals surface area contributed by atoms with Crippen molar-refractivity contribution in [2.24, 2.45) is 0 Å². The van der Waals surface area contributed by atoms with Gasteiger partial charge in [0, 0.05) is 34.8 Å². The topological polar surface area (TPSA) is 62.3 Å². The maximum absolute atomic E-state index is 14.9. The third-order valence-corrected chi connectivity index (χ3v) is 6.30. The number of rotatable bonds is 7. The minimum atomic E-state index is -0.550. The molecule has 0 atom stereocenters. The molecule has 0 aliphatic carbocycles. The first-order valence-corrected chi connectivity index (χ1v) is 12.1. The highest BCUT2D eigenvalue weighted by Gasteiger charge is 2.25. The highest BCUT2D eigenvalue weighted by atomic mass is 35.5. The first kappa shape index (κ1) is 25.1. The molecule has 9 heteroatoms. The van der Waals surface area contributed by atoms with E-state index >= 15 is 0 Å². The Bertz CT molecular complexity index is 1180. The Balaban J connectivity index is 1.52. The highest BCUT2D eigenvalue weighted by Crippen LogP contribution is 2.34. The smallest absolute Gasteiger partial charge is 0.229 e. The third-order valence-electron chi connectivity index (χ3n) is 5.99. The lowest BCUT2D eigenvalue weighted by molar-refractivity contribution is 0.242. The number of nitrogens with zero attached hydrogens (tertiary/aromatic N) is 3. The van der Waals surface area contributed by atoms with Crippen LogP contribution in [0.3, 0.4) is 0 Å². The fraction of sp³-hybridized carbons (Fsp3) is 0.385. The minimum absolute atomic E-state index is 0.0222. The molecule has 0 amide bonds. The van der Waals surface area contributed by atoms with Crippen LogP contribution in [0.4, 0.5) is 31.9 Å². The van der Waals surface area contributed by atoms with E-state index in [1.165, 1.54) is 12.1 Å². The molecule has 1 aromatic heterocycles. The molecule has 0 spiro atoms. The largest absolute Gasteiger partial charge is 0.489 e. The van der Waals surface area contributed by atoms with Gasteiger partial charge in [-0.05, 0) is 83.9 Å². The standard InChI is InChI=1S/C26H30ClF2N5O/c1-15(2)35-23-13-18(5-6-20(23)27)31-25-16(3)14-30-26(33-25)32-19-11-21(28)24(22(29)12-19)17-7-9-34(4)10-8-17/h5-6,11-15,17H,7-10H2,1-4H3,(H2,30,31,32,33). The van der Waals surface area contributed by atoms with Gasteiger partial charge in [-0.1, -0.05) is 11.6 Å². The monoisotopic (exact) mass is 501 g/mol. The molecule has 2 heterocycles. The highest BCUT2D eigenvalue weighted by molar-refractivity contribution is 6.32. The number of benzene rings is 2. The van der Waals surface area contributed by atoms with Crippen LogP contribution in [0, 0.1) is 18.6 Å². The summed E-state index contributed by atoms with van der Waals surface area (Å²) in [6, 6.07) is 7.97. The fourth-order valence-electron chi connectivity index (χ4n) is 4.16. The van der Waals surface area contributed by atoms with Crippen molar-refractivity contribution in [2.75, 3.05) is 30.8 Å². The Hall–Kier alpha value is -2.97. The second-order valence-corrected chi connectivity index (χ2v) is 9.63. The van der Waals surface area contributed by atoms with Crippen LogP contribution in [0.2, 0.25) is 5.02 Å². The molecular formula is C26H30ClF2N5O. The first-order valence-electron chi connectivity index (χ1n) is 11.7. The van der Waals surface area contributed by atoms with Crippen LogP contribution in [-0.4, -0.2) is 41.1 Å². The Kier molecular flexibility index (Phi) is 7.72. The molecule has 186 valence electrons. The summed E-state index contributed by atoms with van der Waals surface area (Å²) in [5.74, 6) is 0.112. The number of aromatic nitrogens is 2. The van der Waals surface area contributed by atoms with Crippen molar-refractivity contribution >= 4 is 34.7 Å². The molecular weight excluding hydrogens is 472 g/mol. The molecule has 4 rings (SSSR count). The van der Waals surface area contributed by atoms with Crippen molar-refractivity contribution in [3.63, 3.8) is 0 Å². The van der Waals surface area contributed by atoms with Crippen LogP contribution in [0.5, 0.6) is 5.75 Å². The summed E-state index contributed by atoms with van der Waals surface area (Å²) in [4.78, 5) is 10.9. The molecule has 2 aromatic carbocycles. The van der Waals surface area contributed by atoms with E-state index in [1.54, 1.807) is 18.3 Å². The SMILES string of the molecule is Cc1cnc(Nc2cc(F)c(C3CCN(C)CC3)c(F)c2)nc1Nc1ccc(Cl)c(OC(C)C)c1. The number of hydrogen-bond acceptors (Lipinski definition) is 6. The van der Waals surface area contributed by atoms with Crippen LogP contribution in [-0.2, 0) is 0 Å². The summed E-state index contributed by atoms with van der Waals surface area (Å²) >= 11 is 6.23. The zero-order valence-corrected chi connectivity index (χ0v) is 21.1. The van der Waals surface area contributed by atoms with Crippen LogP contribution >= 0.6 is 11.6 Å². The van der Waals surface area contributed by atoms with E-state index in [4.69, 9.17) is 16.3 Å². The van der Waals surface area contributed by atoms with Crippen LogP contribution in [0.15, 0.2) is 36.5 Å². The molecule has 6 nitrogen and oxygen atoms in total. The lowest BCUT2D eigenvalue weighted by atomic mass is 9.88. The second-order valence-electron chi connectivity index (χ2n) is 9.22. The molecule has 2 N–H and O–H groups in total. The van der Waals surface area contributed by atoms with Crippen molar-refractivity contribution in [1.82, 2.24) is 14.9 Å². The van der Waals surface area contributed by atoms with Crippen LogP contribution < -0.4 is 15.4 Å². The van der Waals surface area contributed by atoms with E-state index in [0.717, 1.165) is 37.2 Å². The van der Waals surface area contributed by atoms with E-state index in [1.807, 2.05) is 33.9 Å². The van der Waals surface area contributed by atoms with Gasteiger partial charge in [0.05, 0.1) is 11.1 Å². The van der Waals surface area contributed by atoms with Crippen molar-refractivity contribution in [2.45, 2.75) is 45.6 Å². The van der Waals surface area contributed by atoms with E-state index in [2.05, 4.69) is 25.5 Å². The quantitative estimate of drug-likeness (QED) is 0.371. The molecule has 1 fully saturated rings. The van der Waals surface area contributed by atoms with Crippen molar-refractivity contribution in [3.8, 4) is 5.75 Å². The van der Waals surface area contributed by atoms with E-state index in [-0.39, 0.29) is 29.2 Å². The van der Waals surface area contributed by atoms with Crippen LogP contribution in [0.25, 0.3) is 0 Å². The summed E-state index contributed by atoms with van der Waals surface area (Å²) in [5.41, 5.74) is 1.95. The lowest BCUT2D eigenvalue weighted by Crippen LogP contribution is -2.30. The zero-order chi connectivity index (χ0) is 25.1. The summed E-state index contributed by atoms with van der Waals surface area (Å²) in [6.45, 7) is 7.37. The van der Waals surface area contributed by atoms with E-state index in [9.17, 15) is 8.78 Å². The summed E-state index contributed by atoms with van der Waals surface area (Å²) in [7, 11) is 2.02. The Labute approximate surface area is 209 Å². The molecule has 35 heavy (non-hydrogen) atoms. The molecule has 0 radical (unpaired) electrons. The lowest BCUT2D eigenvalue weighted by Gasteiger charge is -2.29. The summed E-state index contributed by atoms with van der Waals surface area (Å²) in [6.07, 6.45) is 3.09. The normalized spacial score (nSPS) is 14.9. The van der Waals surface area contributed by atoms with Gasteiger partial charge in [0.25, 0.3) is 0 Å². The Morgan fingerprint density at radius 2 is 1.74 bits per heavy atom. The van der Waals surface area contributed by atoms with Crippen LogP contribution in [0.1, 0.15) is 43.7 Å². The van der Waals surface area contributed by atoms with Crippen molar-refractivity contribution < 1.29 is 13.5 Å². The van der Waals surface area contributed by atoms with Gasteiger partial charge in [-0.25, -0.2) is 13.8 Å².